The number of rotatable bonds is 1. The van der Waals surface area contributed by atoms with Crippen LogP contribution in [0.4, 0.5) is 0 Å². The summed E-state index contributed by atoms with van der Waals surface area (Å²) in [6.07, 6.45) is 5.72. The van der Waals surface area contributed by atoms with E-state index in [-0.39, 0.29) is 0 Å². The SMILES string of the molecule is c1c[nH]c(-c2cncc3ccccc23)c1. The fourth-order valence-corrected chi connectivity index (χ4v) is 1.83. The zero-order valence-corrected chi connectivity index (χ0v) is 8.14. The predicted octanol–water partition coefficient (Wildman–Crippen LogP) is 3.23. The number of benzene rings is 1. The molecule has 0 spiro atoms. The van der Waals surface area contributed by atoms with E-state index in [1.165, 1.54) is 10.8 Å². The van der Waals surface area contributed by atoms with Crippen LogP contribution in [0.3, 0.4) is 0 Å². The minimum atomic E-state index is 1.11. The molecule has 15 heavy (non-hydrogen) atoms. The van der Waals surface area contributed by atoms with Crippen LogP contribution in [0.25, 0.3) is 22.0 Å². The quantitative estimate of drug-likeness (QED) is 0.633. The maximum absolute atomic E-state index is 4.25. The van der Waals surface area contributed by atoms with Gasteiger partial charge in [0.1, 0.15) is 0 Å². The van der Waals surface area contributed by atoms with E-state index < -0.39 is 0 Å². The largest absolute Gasteiger partial charge is 0.361 e. The van der Waals surface area contributed by atoms with Crippen LogP contribution in [0.2, 0.25) is 0 Å². The highest BCUT2D eigenvalue weighted by molar-refractivity contribution is 5.94. The summed E-state index contributed by atoms with van der Waals surface area (Å²) in [5, 5.41) is 2.40. The van der Waals surface area contributed by atoms with Crippen molar-refractivity contribution in [2.45, 2.75) is 0 Å². The van der Waals surface area contributed by atoms with Gasteiger partial charge in [-0.2, -0.15) is 0 Å². The highest BCUT2D eigenvalue weighted by Crippen LogP contribution is 2.25. The molecule has 0 bridgehead atoms. The summed E-state index contributed by atoms with van der Waals surface area (Å²) in [5.74, 6) is 0. The summed E-state index contributed by atoms with van der Waals surface area (Å²) >= 11 is 0. The van der Waals surface area contributed by atoms with E-state index in [1.54, 1.807) is 0 Å². The lowest BCUT2D eigenvalue weighted by molar-refractivity contribution is 1.33. The first-order valence-corrected chi connectivity index (χ1v) is 4.92. The predicted molar refractivity (Wildman–Crippen MR) is 61.5 cm³/mol. The van der Waals surface area contributed by atoms with E-state index in [1.807, 2.05) is 30.7 Å². The highest BCUT2D eigenvalue weighted by atomic mass is 14.7. The van der Waals surface area contributed by atoms with E-state index in [4.69, 9.17) is 0 Å². The Hall–Kier alpha value is -2.09. The van der Waals surface area contributed by atoms with Gasteiger partial charge in [0, 0.05) is 35.2 Å². The standard InChI is InChI=1S/C13H10N2/c1-2-5-11-10(4-1)8-14-9-12(11)13-6-3-7-15-13/h1-9,15H. The van der Waals surface area contributed by atoms with Gasteiger partial charge in [0.05, 0.1) is 0 Å². The van der Waals surface area contributed by atoms with Gasteiger partial charge < -0.3 is 4.98 Å². The molecule has 0 saturated carbocycles. The number of pyridine rings is 1. The number of nitrogens with zero attached hydrogens (tertiary/aromatic N) is 1. The second kappa shape index (κ2) is 3.24. The minimum absolute atomic E-state index is 1.11. The third-order valence-electron chi connectivity index (χ3n) is 2.56. The molecule has 1 N–H and O–H groups in total. The van der Waals surface area contributed by atoms with E-state index in [0.29, 0.717) is 0 Å². The molecule has 72 valence electrons. The summed E-state index contributed by atoms with van der Waals surface area (Å²) in [6.45, 7) is 0. The molecule has 0 aliphatic carbocycles. The Kier molecular flexibility index (Phi) is 1.78. The van der Waals surface area contributed by atoms with Gasteiger partial charge in [-0.05, 0) is 17.5 Å². The van der Waals surface area contributed by atoms with Crippen LogP contribution in [-0.2, 0) is 0 Å². The fraction of sp³-hybridized carbons (Fsp3) is 0. The summed E-state index contributed by atoms with van der Waals surface area (Å²) < 4.78 is 0. The molecule has 0 atom stereocenters. The molecule has 1 aromatic carbocycles. The normalized spacial score (nSPS) is 10.7. The van der Waals surface area contributed by atoms with Crippen LogP contribution in [0.1, 0.15) is 0 Å². The Morgan fingerprint density at radius 2 is 1.87 bits per heavy atom. The third-order valence-corrected chi connectivity index (χ3v) is 2.56. The van der Waals surface area contributed by atoms with Crippen LogP contribution in [0.5, 0.6) is 0 Å². The van der Waals surface area contributed by atoms with Crippen molar-refractivity contribution < 1.29 is 0 Å². The van der Waals surface area contributed by atoms with Crippen molar-refractivity contribution in [3.8, 4) is 11.3 Å². The summed E-state index contributed by atoms with van der Waals surface area (Å²) in [7, 11) is 0. The van der Waals surface area contributed by atoms with Gasteiger partial charge in [0.25, 0.3) is 0 Å². The summed E-state index contributed by atoms with van der Waals surface area (Å²) in [4.78, 5) is 7.45. The molecule has 2 heterocycles. The topological polar surface area (TPSA) is 28.7 Å². The van der Waals surface area contributed by atoms with Gasteiger partial charge in [0.15, 0.2) is 0 Å². The number of H-pyrrole nitrogens is 1. The summed E-state index contributed by atoms with van der Waals surface area (Å²) in [6, 6.07) is 12.3. The van der Waals surface area contributed by atoms with Crippen molar-refractivity contribution in [2.24, 2.45) is 0 Å². The average Bonchev–Trinajstić information content (AvgIpc) is 2.82. The van der Waals surface area contributed by atoms with Crippen molar-refractivity contribution in [3.63, 3.8) is 0 Å². The molecule has 3 aromatic rings. The van der Waals surface area contributed by atoms with Crippen molar-refractivity contribution >= 4 is 10.8 Å². The number of aromatic nitrogens is 2. The monoisotopic (exact) mass is 194 g/mol. The van der Waals surface area contributed by atoms with Crippen molar-refractivity contribution in [2.75, 3.05) is 0 Å². The minimum Gasteiger partial charge on any atom is -0.361 e. The lowest BCUT2D eigenvalue weighted by atomic mass is 10.1. The molecular formula is C13H10N2. The van der Waals surface area contributed by atoms with Gasteiger partial charge in [-0.25, -0.2) is 0 Å². The van der Waals surface area contributed by atoms with Crippen LogP contribution >= 0.6 is 0 Å². The van der Waals surface area contributed by atoms with E-state index >= 15 is 0 Å². The van der Waals surface area contributed by atoms with Crippen molar-refractivity contribution in [1.82, 2.24) is 9.97 Å². The average molecular weight is 194 g/mol. The molecule has 2 heteroatoms. The maximum atomic E-state index is 4.25. The Morgan fingerprint density at radius 3 is 2.73 bits per heavy atom. The van der Waals surface area contributed by atoms with Crippen LogP contribution in [0.15, 0.2) is 55.0 Å². The molecular weight excluding hydrogens is 184 g/mol. The molecule has 0 radical (unpaired) electrons. The Bertz CT molecular complexity index is 577. The molecule has 0 aliphatic heterocycles. The Balaban J connectivity index is 2.36. The fourth-order valence-electron chi connectivity index (χ4n) is 1.83. The zero-order valence-electron chi connectivity index (χ0n) is 8.14. The van der Waals surface area contributed by atoms with Crippen molar-refractivity contribution in [1.29, 1.82) is 0 Å². The highest BCUT2D eigenvalue weighted by Gasteiger charge is 2.03. The molecule has 0 aliphatic rings. The van der Waals surface area contributed by atoms with E-state index in [9.17, 15) is 0 Å². The second-order valence-electron chi connectivity index (χ2n) is 3.49. The molecule has 3 rings (SSSR count). The number of nitrogens with one attached hydrogen (secondary N) is 1. The number of fused-ring (bicyclic) bond motifs is 1. The first kappa shape index (κ1) is 8.24. The second-order valence-corrected chi connectivity index (χ2v) is 3.49. The van der Waals surface area contributed by atoms with E-state index in [2.05, 4.69) is 34.2 Å². The van der Waals surface area contributed by atoms with E-state index in [0.717, 1.165) is 11.3 Å². The zero-order chi connectivity index (χ0) is 10.1. The number of hydrogen-bond donors (Lipinski definition) is 1. The lowest BCUT2D eigenvalue weighted by Gasteiger charge is -2.03. The van der Waals surface area contributed by atoms with Gasteiger partial charge in [0.2, 0.25) is 0 Å². The van der Waals surface area contributed by atoms with Crippen LogP contribution in [-0.4, -0.2) is 9.97 Å². The van der Waals surface area contributed by atoms with Crippen LogP contribution in [0, 0.1) is 0 Å². The third kappa shape index (κ3) is 1.31. The molecule has 0 saturated heterocycles. The molecule has 2 nitrogen and oxygen atoms in total. The first-order valence-electron chi connectivity index (χ1n) is 4.92. The van der Waals surface area contributed by atoms with Gasteiger partial charge in [-0.3, -0.25) is 4.98 Å². The lowest BCUT2D eigenvalue weighted by Crippen LogP contribution is -1.82. The Morgan fingerprint density at radius 1 is 0.933 bits per heavy atom. The van der Waals surface area contributed by atoms with Crippen molar-refractivity contribution in [3.05, 3.63) is 55.0 Å². The van der Waals surface area contributed by atoms with Gasteiger partial charge >= 0.3 is 0 Å². The van der Waals surface area contributed by atoms with Crippen LogP contribution < -0.4 is 0 Å². The van der Waals surface area contributed by atoms with Gasteiger partial charge in [-0.15, -0.1) is 0 Å². The number of hydrogen-bond acceptors (Lipinski definition) is 1. The molecule has 0 fully saturated rings. The molecule has 0 amide bonds. The summed E-state index contributed by atoms with van der Waals surface area (Å²) in [5.41, 5.74) is 2.26. The molecule has 0 unspecified atom stereocenters. The smallest absolute Gasteiger partial charge is 0.0475 e. The Labute approximate surface area is 87.6 Å². The maximum Gasteiger partial charge on any atom is 0.0475 e. The number of aromatic amines is 1. The van der Waals surface area contributed by atoms with Gasteiger partial charge in [-0.1, -0.05) is 24.3 Å². The first-order chi connectivity index (χ1) is 7.45. The molecule has 2 aromatic heterocycles.